The van der Waals surface area contributed by atoms with Crippen molar-refractivity contribution in [2.75, 3.05) is 20.3 Å². The van der Waals surface area contributed by atoms with Gasteiger partial charge >= 0.3 is 0 Å². The van der Waals surface area contributed by atoms with E-state index in [0.29, 0.717) is 0 Å². The van der Waals surface area contributed by atoms with Gasteiger partial charge in [-0.05, 0) is 74.5 Å². The molecule has 3 nitrogen and oxygen atoms in total. The van der Waals surface area contributed by atoms with E-state index in [2.05, 4.69) is 43.4 Å². The molecule has 1 fully saturated rings. The van der Waals surface area contributed by atoms with Gasteiger partial charge in [0, 0.05) is 18.6 Å². The molecule has 2 aromatic carbocycles. The van der Waals surface area contributed by atoms with E-state index in [1.165, 1.54) is 17.7 Å². The molecule has 0 unspecified atom stereocenters. The molecular weight excluding hydrogens is 353 g/mol. The lowest BCUT2D eigenvalue weighted by Gasteiger charge is -2.47. The molecule has 0 amide bonds. The van der Waals surface area contributed by atoms with E-state index in [1.54, 1.807) is 7.11 Å². The van der Waals surface area contributed by atoms with Crippen LogP contribution in [-0.2, 0) is 16.7 Å². The van der Waals surface area contributed by atoms with Gasteiger partial charge in [-0.1, -0.05) is 31.2 Å². The van der Waals surface area contributed by atoms with Crippen LogP contribution >= 0.6 is 0 Å². The molecule has 1 N–H and O–H groups in total. The molecule has 3 rings (SSSR count). The van der Waals surface area contributed by atoms with Crippen molar-refractivity contribution >= 4 is 0 Å². The molecule has 2 aromatic rings. The Morgan fingerprint density at radius 3 is 2.46 bits per heavy atom. The number of halogens is 1. The first-order valence-electron chi connectivity index (χ1n) is 10.2. The Balaban J connectivity index is 1.71. The number of hydrogen-bond donors (Lipinski definition) is 1. The number of rotatable bonds is 8. The van der Waals surface area contributed by atoms with Gasteiger partial charge in [0.2, 0.25) is 0 Å². The largest absolute Gasteiger partial charge is 0.497 e. The van der Waals surface area contributed by atoms with Gasteiger partial charge in [-0.3, -0.25) is 0 Å². The summed E-state index contributed by atoms with van der Waals surface area (Å²) in [6.07, 6.45) is 4.08. The van der Waals surface area contributed by atoms with Crippen LogP contribution in [0.3, 0.4) is 0 Å². The smallest absolute Gasteiger partial charge is 0.123 e. The zero-order chi connectivity index (χ0) is 20.0. The topological polar surface area (TPSA) is 30.5 Å². The van der Waals surface area contributed by atoms with Gasteiger partial charge in [-0.25, -0.2) is 4.39 Å². The highest BCUT2D eigenvalue weighted by Gasteiger charge is 2.43. The summed E-state index contributed by atoms with van der Waals surface area (Å²) in [5.74, 6) is 0.696. The van der Waals surface area contributed by atoms with Gasteiger partial charge in [0.15, 0.2) is 0 Å². The van der Waals surface area contributed by atoms with Gasteiger partial charge in [-0.15, -0.1) is 0 Å². The van der Waals surface area contributed by atoms with Crippen LogP contribution in [0.5, 0.6) is 5.75 Å². The molecule has 1 saturated heterocycles. The van der Waals surface area contributed by atoms with Crippen molar-refractivity contribution in [3.8, 4) is 5.75 Å². The molecular formula is C24H32FNO2. The first-order valence-corrected chi connectivity index (χ1v) is 10.2. The Kier molecular flexibility index (Phi) is 6.73. The van der Waals surface area contributed by atoms with Crippen LogP contribution in [0, 0.1) is 5.82 Å². The van der Waals surface area contributed by atoms with Crippen LogP contribution in [0.4, 0.5) is 4.39 Å². The summed E-state index contributed by atoms with van der Waals surface area (Å²) in [6, 6.07) is 15.2. The van der Waals surface area contributed by atoms with Crippen LogP contribution in [0.2, 0.25) is 0 Å². The zero-order valence-electron chi connectivity index (χ0n) is 17.3. The highest BCUT2D eigenvalue weighted by atomic mass is 19.1. The second-order valence-electron chi connectivity index (χ2n) is 8.14. The highest BCUT2D eigenvalue weighted by Crippen LogP contribution is 2.45. The van der Waals surface area contributed by atoms with Crippen LogP contribution in [0.1, 0.15) is 50.7 Å². The third-order valence-corrected chi connectivity index (χ3v) is 6.22. The van der Waals surface area contributed by atoms with E-state index in [1.807, 2.05) is 12.1 Å². The first-order chi connectivity index (χ1) is 13.5. The third-order valence-electron chi connectivity index (χ3n) is 6.22. The van der Waals surface area contributed by atoms with E-state index in [-0.39, 0.29) is 16.8 Å². The minimum absolute atomic E-state index is 0.0882. The van der Waals surface area contributed by atoms with Crippen molar-refractivity contribution in [3.63, 3.8) is 0 Å². The monoisotopic (exact) mass is 385 g/mol. The van der Waals surface area contributed by atoms with Crippen LogP contribution < -0.4 is 10.1 Å². The molecule has 0 radical (unpaired) electrons. The fourth-order valence-corrected chi connectivity index (χ4v) is 4.29. The van der Waals surface area contributed by atoms with Gasteiger partial charge in [0.05, 0.1) is 12.7 Å². The number of methoxy groups -OCH3 is 1. The molecule has 0 saturated carbocycles. The molecule has 152 valence electrons. The fraction of sp³-hybridized carbons (Fsp3) is 0.500. The lowest BCUT2D eigenvalue weighted by atomic mass is 9.66. The SMILES string of the molecule is CC[C@]1(C)C[C@](CCNCc2ccc(F)cc2)(c2ccc(OC)cc2)CCO1. The molecule has 2 atom stereocenters. The number of benzene rings is 2. The van der Waals surface area contributed by atoms with E-state index in [4.69, 9.17) is 9.47 Å². The maximum absolute atomic E-state index is 13.1. The van der Waals surface area contributed by atoms with Gasteiger partial charge in [0.25, 0.3) is 0 Å². The quantitative estimate of drug-likeness (QED) is 0.631. The van der Waals surface area contributed by atoms with E-state index < -0.39 is 0 Å². The molecule has 1 heterocycles. The van der Waals surface area contributed by atoms with Crippen molar-refractivity contribution in [2.24, 2.45) is 0 Å². The Morgan fingerprint density at radius 1 is 1.11 bits per heavy atom. The Labute approximate surface area is 168 Å². The number of nitrogens with one attached hydrogen (secondary N) is 1. The normalized spacial score (nSPS) is 24.9. The van der Waals surface area contributed by atoms with E-state index in [0.717, 1.165) is 56.7 Å². The zero-order valence-corrected chi connectivity index (χ0v) is 17.3. The van der Waals surface area contributed by atoms with Crippen LogP contribution in [0.25, 0.3) is 0 Å². The van der Waals surface area contributed by atoms with Crippen molar-refractivity contribution in [1.29, 1.82) is 0 Å². The standard InChI is InChI=1S/C24H32FNO2/c1-4-23(2)18-24(14-16-28-23,20-7-11-22(27-3)12-8-20)13-15-26-17-19-5-9-21(25)10-6-19/h5-12,26H,4,13-18H2,1-3H3/t23-,24-/m1/s1. The predicted molar refractivity (Wildman–Crippen MR) is 111 cm³/mol. The predicted octanol–water partition coefficient (Wildman–Crippen LogP) is 5.23. The average molecular weight is 386 g/mol. The number of ether oxygens (including phenoxy) is 2. The fourth-order valence-electron chi connectivity index (χ4n) is 4.29. The molecule has 1 aliphatic rings. The minimum atomic E-state index is -0.191. The molecule has 1 aliphatic heterocycles. The van der Waals surface area contributed by atoms with Gasteiger partial charge in [0.1, 0.15) is 11.6 Å². The van der Waals surface area contributed by atoms with Crippen molar-refractivity contribution in [1.82, 2.24) is 5.32 Å². The highest BCUT2D eigenvalue weighted by molar-refractivity contribution is 5.33. The molecule has 0 spiro atoms. The summed E-state index contributed by atoms with van der Waals surface area (Å²) >= 11 is 0. The average Bonchev–Trinajstić information content (AvgIpc) is 2.73. The Bertz CT molecular complexity index is 746. The second-order valence-corrected chi connectivity index (χ2v) is 8.14. The summed E-state index contributed by atoms with van der Waals surface area (Å²) in [5, 5.41) is 3.54. The molecule has 0 aliphatic carbocycles. The Morgan fingerprint density at radius 2 is 1.82 bits per heavy atom. The van der Waals surface area contributed by atoms with Gasteiger partial charge < -0.3 is 14.8 Å². The maximum atomic E-state index is 13.1. The molecule has 28 heavy (non-hydrogen) atoms. The summed E-state index contributed by atoms with van der Waals surface area (Å²) in [7, 11) is 1.70. The molecule has 4 heteroatoms. The van der Waals surface area contributed by atoms with E-state index in [9.17, 15) is 4.39 Å². The summed E-state index contributed by atoms with van der Waals surface area (Å²) in [6.45, 7) is 6.88. The van der Waals surface area contributed by atoms with E-state index >= 15 is 0 Å². The minimum Gasteiger partial charge on any atom is -0.497 e. The number of hydrogen-bond acceptors (Lipinski definition) is 3. The second kappa shape index (κ2) is 9.06. The van der Waals surface area contributed by atoms with Crippen molar-refractivity contribution < 1.29 is 13.9 Å². The van der Waals surface area contributed by atoms with Crippen LogP contribution in [0.15, 0.2) is 48.5 Å². The summed E-state index contributed by atoms with van der Waals surface area (Å²) in [5.41, 5.74) is 2.46. The summed E-state index contributed by atoms with van der Waals surface area (Å²) in [4.78, 5) is 0. The lowest BCUT2D eigenvalue weighted by Crippen LogP contribution is -2.46. The third kappa shape index (κ3) is 4.92. The maximum Gasteiger partial charge on any atom is 0.123 e. The summed E-state index contributed by atoms with van der Waals surface area (Å²) < 4.78 is 24.6. The first kappa shape index (κ1) is 20.8. The van der Waals surface area contributed by atoms with Crippen molar-refractivity contribution in [2.45, 2.75) is 57.1 Å². The molecule has 0 aromatic heterocycles. The van der Waals surface area contributed by atoms with Crippen LogP contribution in [-0.4, -0.2) is 25.9 Å². The van der Waals surface area contributed by atoms with Gasteiger partial charge in [-0.2, -0.15) is 0 Å². The Hall–Kier alpha value is -1.91. The lowest BCUT2D eigenvalue weighted by molar-refractivity contribution is -0.0979. The van der Waals surface area contributed by atoms with Crippen molar-refractivity contribution in [3.05, 3.63) is 65.5 Å². The molecule has 0 bridgehead atoms.